The molecular weight excluding hydrogens is 240 g/mol. The molecule has 1 aliphatic rings. The Bertz CT molecular complexity index is 471. The summed E-state index contributed by atoms with van der Waals surface area (Å²) in [5.74, 6) is 0.856. The van der Waals surface area contributed by atoms with Crippen LogP contribution in [-0.2, 0) is 4.79 Å². The van der Waals surface area contributed by atoms with Crippen molar-refractivity contribution in [3.05, 3.63) is 24.3 Å². The van der Waals surface area contributed by atoms with E-state index >= 15 is 0 Å². The number of anilines is 1. The number of hydrogen-bond donors (Lipinski definition) is 1. The molecule has 0 saturated carbocycles. The minimum atomic E-state index is -0.182. The molecular formula is C15H22N2O2. The van der Waals surface area contributed by atoms with E-state index in [2.05, 4.69) is 19.2 Å². The number of amides is 1. The summed E-state index contributed by atoms with van der Waals surface area (Å²) in [4.78, 5) is 14.2. The van der Waals surface area contributed by atoms with Crippen LogP contribution in [0.4, 0.5) is 5.69 Å². The molecule has 4 nitrogen and oxygen atoms in total. The second kappa shape index (κ2) is 5.21. The van der Waals surface area contributed by atoms with Crippen LogP contribution < -0.4 is 15.0 Å². The van der Waals surface area contributed by atoms with Gasteiger partial charge in [-0.2, -0.15) is 0 Å². The average Bonchev–Trinajstić information content (AvgIpc) is 2.34. The zero-order chi connectivity index (χ0) is 14.0. The Morgan fingerprint density at radius 1 is 1.42 bits per heavy atom. The Labute approximate surface area is 114 Å². The van der Waals surface area contributed by atoms with Gasteiger partial charge >= 0.3 is 0 Å². The molecule has 0 radical (unpaired) electrons. The van der Waals surface area contributed by atoms with Crippen molar-refractivity contribution in [2.24, 2.45) is 0 Å². The van der Waals surface area contributed by atoms with Crippen LogP contribution in [0.15, 0.2) is 24.3 Å². The number of nitrogens with zero attached hydrogens (tertiary/aromatic N) is 1. The molecule has 1 atom stereocenters. The highest BCUT2D eigenvalue weighted by molar-refractivity contribution is 5.99. The Balaban J connectivity index is 2.36. The van der Waals surface area contributed by atoms with Gasteiger partial charge in [-0.15, -0.1) is 0 Å². The van der Waals surface area contributed by atoms with Crippen molar-refractivity contribution < 1.29 is 9.53 Å². The fraction of sp³-hybridized carbons (Fsp3) is 0.533. The van der Waals surface area contributed by atoms with Gasteiger partial charge in [0.2, 0.25) is 5.91 Å². The largest absolute Gasteiger partial charge is 0.492 e. The van der Waals surface area contributed by atoms with E-state index in [1.165, 1.54) is 0 Å². The summed E-state index contributed by atoms with van der Waals surface area (Å²) >= 11 is 0. The first kappa shape index (κ1) is 13.9. The molecule has 0 bridgehead atoms. The molecule has 0 aromatic heterocycles. The first-order chi connectivity index (χ1) is 8.94. The number of piperazine rings is 1. The van der Waals surface area contributed by atoms with Crippen molar-refractivity contribution >= 4 is 11.6 Å². The van der Waals surface area contributed by atoms with Crippen molar-refractivity contribution in [2.45, 2.75) is 39.3 Å². The molecule has 1 amide bonds. The molecule has 1 unspecified atom stereocenters. The lowest BCUT2D eigenvalue weighted by atomic mass is 9.98. The quantitative estimate of drug-likeness (QED) is 0.908. The normalized spacial score (nSPS) is 22.4. The maximum atomic E-state index is 12.4. The minimum absolute atomic E-state index is 0.0893. The molecule has 2 rings (SSSR count). The molecule has 1 aliphatic heterocycles. The van der Waals surface area contributed by atoms with Gasteiger partial charge in [0, 0.05) is 12.1 Å². The number of para-hydroxylation sites is 2. The summed E-state index contributed by atoms with van der Waals surface area (Å²) in [6, 6.07) is 7.53. The van der Waals surface area contributed by atoms with Gasteiger partial charge in [0.1, 0.15) is 5.75 Å². The number of hydrogen-bond acceptors (Lipinski definition) is 3. The SMILES string of the molecule is CCOc1ccccc1N1CC(C)(C)NC(C)C1=O. The highest BCUT2D eigenvalue weighted by Gasteiger charge is 2.37. The highest BCUT2D eigenvalue weighted by Crippen LogP contribution is 2.31. The van der Waals surface area contributed by atoms with Gasteiger partial charge in [0.15, 0.2) is 0 Å². The van der Waals surface area contributed by atoms with Crippen LogP contribution in [-0.4, -0.2) is 30.6 Å². The molecule has 1 aromatic carbocycles. The number of carbonyl (C=O) groups excluding carboxylic acids is 1. The number of benzene rings is 1. The minimum Gasteiger partial charge on any atom is -0.492 e. The van der Waals surface area contributed by atoms with E-state index in [-0.39, 0.29) is 17.5 Å². The monoisotopic (exact) mass is 262 g/mol. The maximum absolute atomic E-state index is 12.4. The van der Waals surface area contributed by atoms with Gasteiger partial charge in [0.25, 0.3) is 0 Å². The first-order valence-electron chi connectivity index (χ1n) is 6.75. The van der Waals surface area contributed by atoms with Crippen LogP contribution in [0.2, 0.25) is 0 Å². The van der Waals surface area contributed by atoms with Crippen LogP contribution in [0, 0.1) is 0 Å². The molecule has 1 saturated heterocycles. The van der Waals surface area contributed by atoms with E-state index < -0.39 is 0 Å². The fourth-order valence-corrected chi connectivity index (χ4v) is 2.56. The van der Waals surface area contributed by atoms with Gasteiger partial charge in [-0.05, 0) is 39.8 Å². The lowest BCUT2D eigenvalue weighted by Crippen LogP contribution is -2.64. The Hall–Kier alpha value is -1.55. The van der Waals surface area contributed by atoms with Gasteiger partial charge in [-0.25, -0.2) is 0 Å². The van der Waals surface area contributed by atoms with E-state index in [9.17, 15) is 4.79 Å². The van der Waals surface area contributed by atoms with Crippen molar-refractivity contribution in [2.75, 3.05) is 18.1 Å². The molecule has 4 heteroatoms. The zero-order valence-corrected chi connectivity index (χ0v) is 12.1. The average molecular weight is 262 g/mol. The van der Waals surface area contributed by atoms with Crippen molar-refractivity contribution in [1.29, 1.82) is 0 Å². The predicted octanol–water partition coefficient (Wildman–Crippen LogP) is 2.19. The van der Waals surface area contributed by atoms with Gasteiger partial charge in [-0.3, -0.25) is 10.1 Å². The van der Waals surface area contributed by atoms with Crippen LogP contribution in [0.5, 0.6) is 5.75 Å². The Morgan fingerprint density at radius 3 is 2.79 bits per heavy atom. The summed E-state index contributed by atoms with van der Waals surface area (Å²) in [5.41, 5.74) is 0.753. The fourth-order valence-electron chi connectivity index (χ4n) is 2.56. The van der Waals surface area contributed by atoms with Gasteiger partial charge < -0.3 is 9.64 Å². The topological polar surface area (TPSA) is 41.6 Å². The third kappa shape index (κ3) is 2.89. The summed E-state index contributed by atoms with van der Waals surface area (Å²) in [6.07, 6.45) is 0. The van der Waals surface area contributed by atoms with E-state index in [1.54, 1.807) is 0 Å². The van der Waals surface area contributed by atoms with Crippen LogP contribution in [0.25, 0.3) is 0 Å². The predicted molar refractivity (Wildman–Crippen MR) is 76.6 cm³/mol. The summed E-state index contributed by atoms with van der Waals surface area (Å²) < 4.78 is 5.63. The summed E-state index contributed by atoms with van der Waals surface area (Å²) in [6.45, 7) is 9.29. The van der Waals surface area contributed by atoms with E-state index in [0.717, 1.165) is 11.4 Å². The third-order valence-corrected chi connectivity index (χ3v) is 3.25. The smallest absolute Gasteiger partial charge is 0.244 e. The molecule has 1 aromatic rings. The lowest BCUT2D eigenvalue weighted by Gasteiger charge is -2.42. The Morgan fingerprint density at radius 2 is 2.11 bits per heavy atom. The van der Waals surface area contributed by atoms with Gasteiger partial charge in [-0.1, -0.05) is 12.1 Å². The van der Waals surface area contributed by atoms with Crippen molar-refractivity contribution in [1.82, 2.24) is 5.32 Å². The van der Waals surface area contributed by atoms with E-state index in [1.807, 2.05) is 43.0 Å². The standard InChI is InChI=1S/C15H22N2O2/c1-5-19-13-9-7-6-8-12(13)17-10-15(3,4)16-11(2)14(17)18/h6-9,11,16H,5,10H2,1-4H3. The van der Waals surface area contributed by atoms with E-state index in [4.69, 9.17) is 4.74 Å². The van der Waals surface area contributed by atoms with Crippen molar-refractivity contribution in [3.8, 4) is 5.75 Å². The number of nitrogens with one attached hydrogen (secondary N) is 1. The highest BCUT2D eigenvalue weighted by atomic mass is 16.5. The molecule has 104 valence electrons. The molecule has 0 spiro atoms. The third-order valence-electron chi connectivity index (χ3n) is 3.25. The molecule has 19 heavy (non-hydrogen) atoms. The summed E-state index contributed by atoms with van der Waals surface area (Å²) in [7, 11) is 0. The number of carbonyl (C=O) groups is 1. The number of ether oxygens (including phenoxy) is 1. The second-order valence-corrected chi connectivity index (χ2v) is 5.58. The van der Waals surface area contributed by atoms with Crippen molar-refractivity contribution in [3.63, 3.8) is 0 Å². The number of rotatable bonds is 3. The summed E-state index contributed by atoms with van der Waals surface area (Å²) in [5, 5.41) is 3.32. The molecule has 1 N–H and O–H groups in total. The zero-order valence-electron chi connectivity index (χ0n) is 12.1. The van der Waals surface area contributed by atoms with Crippen LogP contribution in [0.3, 0.4) is 0 Å². The molecule has 1 fully saturated rings. The Kier molecular flexibility index (Phi) is 3.80. The second-order valence-electron chi connectivity index (χ2n) is 5.58. The van der Waals surface area contributed by atoms with Gasteiger partial charge in [0.05, 0.1) is 18.3 Å². The first-order valence-corrected chi connectivity index (χ1v) is 6.75. The molecule has 1 heterocycles. The lowest BCUT2D eigenvalue weighted by molar-refractivity contribution is -0.122. The van der Waals surface area contributed by atoms with Crippen LogP contribution in [0.1, 0.15) is 27.7 Å². The van der Waals surface area contributed by atoms with Crippen LogP contribution >= 0.6 is 0 Å². The maximum Gasteiger partial charge on any atom is 0.244 e. The molecule has 0 aliphatic carbocycles. The van der Waals surface area contributed by atoms with E-state index in [0.29, 0.717) is 13.2 Å².